The summed E-state index contributed by atoms with van der Waals surface area (Å²) in [5.74, 6) is 1.31. The first-order valence-corrected chi connectivity index (χ1v) is 7.92. The molecule has 2 fully saturated rings. The van der Waals surface area contributed by atoms with E-state index in [1.54, 1.807) is 11.1 Å². The first-order chi connectivity index (χ1) is 8.95. The van der Waals surface area contributed by atoms with Gasteiger partial charge < -0.3 is 9.47 Å². The molecule has 0 amide bonds. The molecule has 1 spiro atoms. The average Bonchev–Trinajstić information content (AvgIpc) is 2.83. The summed E-state index contributed by atoms with van der Waals surface area (Å²) >= 11 is 0. The lowest BCUT2D eigenvalue weighted by Gasteiger charge is -2.41. The highest BCUT2D eigenvalue weighted by Gasteiger charge is 2.50. The van der Waals surface area contributed by atoms with Gasteiger partial charge in [-0.25, -0.2) is 0 Å². The molecule has 0 bridgehead atoms. The van der Waals surface area contributed by atoms with E-state index >= 15 is 0 Å². The molecule has 0 aromatic carbocycles. The highest BCUT2D eigenvalue weighted by atomic mass is 16.7. The summed E-state index contributed by atoms with van der Waals surface area (Å²) in [6.45, 7) is 10.5. The molecule has 0 radical (unpaired) electrons. The summed E-state index contributed by atoms with van der Waals surface area (Å²) in [4.78, 5) is 0. The molecule has 0 N–H and O–H groups in total. The molecule has 2 aliphatic carbocycles. The summed E-state index contributed by atoms with van der Waals surface area (Å²) in [5, 5.41) is 0. The van der Waals surface area contributed by atoms with Crippen LogP contribution in [-0.2, 0) is 9.47 Å². The van der Waals surface area contributed by atoms with Crippen LogP contribution < -0.4 is 0 Å². The Bertz CT molecular complexity index is 384. The van der Waals surface area contributed by atoms with Crippen molar-refractivity contribution in [2.24, 2.45) is 17.3 Å². The normalized spacial score (nSPS) is 36.0. The van der Waals surface area contributed by atoms with Crippen LogP contribution in [0.2, 0.25) is 0 Å². The molecule has 0 aromatic rings. The van der Waals surface area contributed by atoms with E-state index in [-0.39, 0.29) is 11.2 Å². The molecular weight excluding hydrogens is 236 g/mol. The third-order valence-electron chi connectivity index (χ3n) is 5.51. The van der Waals surface area contributed by atoms with E-state index in [4.69, 9.17) is 9.47 Å². The monoisotopic (exact) mass is 264 g/mol. The summed E-state index contributed by atoms with van der Waals surface area (Å²) in [5.41, 5.74) is 3.74. The standard InChI is InChI=1S/C17H28O2/c1-5-6-13-7-14-8-17(9-15(14)12(13)2)10-18-16(3,4)19-11-17/h13-14H,5-11H2,1-4H3. The molecule has 1 heterocycles. The van der Waals surface area contributed by atoms with Gasteiger partial charge in [0.1, 0.15) is 0 Å². The maximum Gasteiger partial charge on any atom is 0.162 e. The molecule has 2 nitrogen and oxygen atoms in total. The van der Waals surface area contributed by atoms with Crippen LogP contribution in [-0.4, -0.2) is 19.0 Å². The summed E-state index contributed by atoms with van der Waals surface area (Å²) < 4.78 is 11.9. The molecule has 3 rings (SSSR count). The van der Waals surface area contributed by atoms with Crippen molar-refractivity contribution in [1.82, 2.24) is 0 Å². The second kappa shape index (κ2) is 4.60. The van der Waals surface area contributed by atoms with Gasteiger partial charge in [-0.3, -0.25) is 0 Å². The van der Waals surface area contributed by atoms with Crippen LogP contribution in [0.5, 0.6) is 0 Å². The van der Waals surface area contributed by atoms with Crippen molar-refractivity contribution in [3.63, 3.8) is 0 Å². The fourth-order valence-corrected chi connectivity index (χ4v) is 4.38. The second-order valence-electron chi connectivity index (χ2n) is 7.48. The van der Waals surface area contributed by atoms with Crippen LogP contribution >= 0.6 is 0 Å². The fourth-order valence-electron chi connectivity index (χ4n) is 4.38. The molecule has 1 aliphatic heterocycles. The van der Waals surface area contributed by atoms with E-state index in [2.05, 4.69) is 13.8 Å². The lowest BCUT2D eigenvalue weighted by molar-refractivity contribution is -0.284. The predicted octanol–water partition coefficient (Wildman–Crippen LogP) is 4.30. The summed E-state index contributed by atoms with van der Waals surface area (Å²) in [7, 11) is 0. The first kappa shape index (κ1) is 13.6. The average molecular weight is 264 g/mol. The van der Waals surface area contributed by atoms with Crippen LogP contribution in [0.15, 0.2) is 11.1 Å². The zero-order valence-corrected chi connectivity index (χ0v) is 12.9. The maximum absolute atomic E-state index is 5.93. The van der Waals surface area contributed by atoms with Crippen molar-refractivity contribution < 1.29 is 9.47 Å². The number of allylic oxidation sites excluding steroid dienone is 2. The van der Waals surface area contributed by atoms with Gasteiger partial charge in [0.15, 0.2) is 5.79 Å². The summed E-state index contributed by atoms with van der Waals surface area (Å²) in [6, 6.07) is 0. The van der Waals surface area contributed by atoms with Gasteiger partial charge in [-0.15, -0.1) is 0 Å². The Balaban J connectivity index is 1.72. The van der Waals surface area contributed by atoms with E-state index < -0.39 is 0 Å². The van der Waals surface area contributed by atoms with Crippen LogP contribution in [0.1, 0.15) is 59.8 Å². The number of fused-ring (bicyclic) bond motifs is 1. The third-order valence-corrected chi connectivity index (χ3v) is 5.51. The van der Waals surface area contributed by atoms with E-state index in [1.165, 1.54) is 32.1 Å². The quantitative estimate of drug-likeness (QED) is 0.692. The molecule has 19 heavy (non-hydrogen) atoms. The Labute approximate surface area is 117 Å². The van der Waals surface area contributed by atoms with Gasteiger partial charge in [-0.1, -0.05) is 24.5 Å². The lowest BCUT2D eigenvalue weighted by Crippen LogP contribution is -2.45. The van der Waals surface area contributed by atoms with Gasteiger partial charge >= 0.3 is 0 Å². The predicted molar refractivity (Wildman–Crippen MR) is 76.9 cm³/mol. The number of ether oxygens (including phenoxy) is 2. The highest BCUT2D eigenvalue weighted by molar-refractivity contribution is 5.30. The molecule has 2 heteroatoms. The minimum absolute atomic E-state index is 0.286. The van der Waals surface area contributed by atoms with E-state index in [0.29, 0.717) is 0 Å². The zero-order chi connectivity index (χ0) is 13.7. The summed E-state index contributed by atoms with van der Waals surface area (Å²) in [6.07, 6.45) is 6.59. The largest absolute Gasteiger partial charge is 0.350 e. The van der Waals surface area contributed by atoms with Crippen molar-refractivity contribution in [3.05, 3.63) is 11.1 Å². The van der Waals surface area contributed by atoms with Gasteiger partial charge in [0.05, 0.1) is 13.2 Å². The maximum atomic E-state index is 5.93. The van der Waals surface area contributed by atoms with Crippen LogP contribution in [0.25, 0.3) is 0 Å². The van der Waals surface area contributed by atoms with E-state index in [0.717, 1.165) is 25.0 Å². The van der Waals surface area contributed by atoms with Crippen molar-refractivity contribution in [2.75, 3.05) is 13.2 Å². The van der Waals surface area contributed by atoms with Crippen LogP contribution in [0, 0.1) is 17.3 Å². The molecular formula is C17H28O2. The molecule has 2 atom stereocenters. The van der Waals surface area contributed by atoms with Crippen LogP contribution in [0.4, 0.5) is 0 Å². The topological polar surface area (TPSA) is 18.5 Å². The third kappa shape index (κ3) is 2.38. The minimum atomic E-state index is -0.378. The number of rotatable bonds is 2. The van der Waals surface area contributed by atoms with Crippen LogP contribution in [0.3, 0.4) is 0 Å². The van der Waals surface area contributed by atoms with Crippen molar-refractivity contribution in [2.45, 2.75) is 65.6 Å². The molecule has 2 unspecified atom stereocenters. The van der Waals surface area contributed by atoms with Crippen molar-refractivity contribution in [3.8, 4) is 0 Å². The first-order valence-electron chi connectivity index (χ1n) is 7.92. The Hall–Kier alpha value is -0.340. The molecule has 0 aromatic heterocycles. The van der Waals surface area contributed by atoms with Gasteiger partial charge in [0.2, 0.25) is 0 Å². The molecule has 1 saturated heterocycles. The second-order valence-corrected chi connectivity index (χ2v) is 7.48. The Kier molecular flexibility index (Phi) is 3.30. The Morgan fingerprint density at radius 1 is 1.21 bits per heavy atom. The van der Waals surface area contributed by atoms with Crippen molar-refractivity contribution >= 4 is 0 Å². The number of hydrogen-bond acceptors (Lipinski definition) is 2. The van der Waals surface area contributed by atoms with Gasteiger partial charge in [0.25, 0.3) is 0 Å². The van der Waals surface area contributed by atoms with Gasteiger partial charge in [-0.05, 0) is 58.3 Å². The minimum Gasteiger partial charge on any atom is -0.350 e. The zero-order valence-electron chi connectivity index (χ0n) is 12.9. The van der Waals surface area contributed by atoms with Gasteiger partial charge in [0, 0.05) is 5.41 Å². The lowest BCUT2D eigenvalue weighted by atomic mass is 9.82. The van der Waals surface area contributed by atoms with Gasteiger partial charge in [-0.2, -0.15) is 0 Å². The molecule has 3 aliphatic rings. The Morgan fingerprint density at radius 2 is 1.89 bits per heavy atom. The van der Waals surface area contributed by atoms with E-state index in [1.807, 2.05) is 13.8 Å². The smallest absolute Gasteiger partial charge is 0.162 e. The molecule has 108 valence electrons. The number of hydrogen-bond donors (Lipinski definition) is 0. The Morgan fingerprint density at radius 3 is 2.47 bits per heavy atom. The highest BCUT2D eigenvalue weighted by Crippen LogP contribution is 2.56. The fraction of sp³-hybridized carbons (Fsp3) is 0.882. The van der Waals surface area contributed by atoms with Crippen molar-refractivity contribution in [1.29, 1.82) is 0 Å². The molecule has 1 saturated carbocycles. The SMILES string of the molecule is CCCC1CC2CC3(COC(C)(C)OC3)CC2=C1C. The van der Waals surface area contributed by atoms with E-state index in [9.17, 15) is 0 Å².